The van der Waals surface area contributed by atoms with Crippen molar-refractivity contribution in [3.63, 3.8) is 0 Å². The summed E-state index contributed by atoms with van der Waals surface area (Å²) in [4.78, 5) is 6.07. The topological polar surface area (TPSA) is 121 Å². The largest absolute Gasteiger partial charge is 0.433 e. The number of hydrogen-bond donors (Lipinski definition) is 0. The molecule has 2 aliphatic carbocycles. The van der Waals surface area contributed by atoms with E-state index in [0.29, 0.717) is 56.1 Å². The van der Waals surface area contributed by atoms with Crippen molar-refractivity contribution in [3.8, 4) is 68.8 Å². The van der Waals surface area contributed by atoms with E-state index in [4.69, 9.17) is 0 Å². The van der Waals surface area contributed by atoms with Crippen LogP contribution in [0.1, 0.15) is 27.9 Å². The van der Waals surface area contributed by atoms with Crippen molar-refractivity contribution in [2.75, 3.05) is 0 Å². The van der Waals surface area contributed by atoms with Gasteiger partial charge in [0.25, 0.3) is 0 Å². The molecule has 2 aliphatic rings. The van der Waals surface area contributed by atoms with Gasteiger partial charge in [-0.1, -0.05) is 24.3 Å². The minimum atomic E-state index is -4.91. The highest BCUT2D eigenvalue weighted by molar-refractivity contribution is 6.11. The van der Waals surface area contributed by atoms with Crippen LogP contribution in [0.5, 0.6) is 0 Å². The Kier molecular flexibility index (Phi) is 6.91. The van der Waals surface area contributed by atoms with E-state index in [9.17, 15) is 47.4 Å². The maximum Gasteiger partial charge on any atom is 0.433 e. The summed E-state index contributed by atoms with van der Waals surface area (Å²) in [7, 11) is 0. The molecule has 49 heavy (non-hydrogen) atoms. The Bertz CT molecular complexity index is 2520. The molecule has 2 heterocycles. The second-order valence-corrected chi connectivity index (χ2v) is 11.0. The molecule has 0 bridgehead atoms. The molecule has 5 aromatic rings. The average Bonchev–Trinajstić information content (AvgIpc) is 3.55. The quantitative estimate of drug-likeness (QED) is 0.104. The van der Waals surface area contributed by atoms with Crippen LogP contribution in [-0.2, 0) is 6.18 Å². The highest BCUT2D eigenvalue weighted by Crippen LogP contribution is 2.54. The van der Waals surface area contributed by atoms with Gasteiger partial charge in [-0.25, -0.2) is 4.98 Å². The van der Waals surface area contributed by atoms with E-state index in [-0.39, 0.29) is 39.0 Å². The lowest BCUT2D eigenvalue weighted by molar-refractivity contribution is -0.141. The third kappa shape index (κ3) is 4.88. The van der Waals surface area contributed by atoms with E-state index >= 15 is 0 Å². The number of alkyl halides is 3. The molecule has 0 spiro atoms. The van der Waals surface area contributed by atoms with Gasteiger partial charge in [0.15, 0.2) is 0 Å². The number of allylic oxidation sites excluding steroid dienone is 2. The van der Waals surface area contributed by atoms with Crippen LogP contribution < -0.4 is 0 Å². The van der Waals surface area contributed by atoms with E-state index in [2.05, 4.69) is 9.97 Å². The van der Waals surface area contributed by atoms with Crippen molar-refractivity contribution in [1.29, 1.82) is 21.0 Å². The zero-order chi connectivity index (χ0) is 34.8. The Labute approximate surface area is 273 Å². The van der Waals surface area contributed by atoms with Gasteiger partial charge in [-0.15, -0.1) is 0 Å². The summed E-state index contributed by atoms with van der Waals surface area (Å²) >= 11 is 0. The molecule has 0 unspecified atom stereocenters. The van der Waals surface area contributed by atoms with Gasteiger partial charge < -0.3 is 0 Å². The normalized spacial score (nSPS) is 12.1. The summed E-state index contributed by atoms with van der Waals surface area (Å²) in [5.41, 5.74) is 2.71. The van der Waals surface area contributed by atoms with Gasteiger partial charge in [0.05, 0.1) is 0 Å². The first kappa shape index (κ1) is 30.6. The lowest BCUT2D eigenvalue weighted by Crippen LogP contribution is -2.09. The predicted molar refractivity (Wildman–Crippen MR) is 163 cm³/mol. The van der Waals surface area contributed by atoms with Gasteiger partial charge in [0.1, 0.15) is 41.1 Å². The molecule has 0 fully saturated rings. The van der Waals surface area contributed by atoms with Crippen LogP contribution in [0.25, 0.3) is 55.7 Å². The molecule has 0 amide bonds. The van der Waals surface area contributed by atoms with Crippen LogP contribution in [-0.4, -0.2) is 9.97 Å². The zero-order valence-corrected chi connectivity index (χ0v) is 24.4. The van der Waals surface area contributed by atoms with Crippen LogP contribution in [0.4, 0.5) is 26.3 Å². The number of rotatable bonds is 2. The lowest BCUT2D eigenvalue weighted by Gasteiger charge is -2.10. The maximum absolute atomic E-state index is 14.2. The molecule has 7 rings (SSSR count). The third-order valence-corrected chi connectivity index (χ3v) is 8.32. The Morgan fingerprint density at radius 3 is 1.24 bits per heavy atom. The molecule has 0 radical (unpaired) electrons. The Morgan fingerprint density at radius 2 is 0.837 bits per heavy atom. The van der Waals surface area contributed by atoms with Crippen LogP contribution >= 0.6 is 0 Å². The molecule has 2 aromatic heterocycles. The summed E-state index contributed by atoms with van der Waals surface area (Å²) in [5.74, 6) is -3.42. The average molecular weight is 655 g/mol. The summed E-state index contributed by atoms with van der Waals surface area (Å²) in [5, 5.41) is 39.8. The molecular weight excluding hydrogens is 642 g/mol. The minimum absolute atomic E-state index is 0.132. The van der Waals surface area contributed by atoms with Crippen LogP contribution in [0, 0.1) is 63.2 Å². The number of aromatic nitrogens is 2. The third-order valence-electron chi connectivity index (χ3n) is 8.32. The number of fused-ring (bicyclic) bond motifs is 6. The van der Waals surface area contributed by atoms with Crippen molar-refractivity contribution in [2.45, 2.75) is 6.18 Å². The maximum atomic E-state index is 14.2. The Balaban J connectivity index is 1.47. The number of nitrogens with zero attached hydrogens (tertiary/aromatic N) is 6. The second kappa shape index (κ2) is 11.1. The highest BCUT2D eigenvalue weighted by atomic mass is 19.4. The standard InChI is InChI=1S/C37H12F6N6/c38-32-8-19(7-31(48-32)37(41,42)43)17-1-3-23-25-11-30-26(12-29(25)35(27(23)5-17)21(13-44)14-45)24-4-2-18(20-9-33(39)49-34(40)10-20)6-28(24)36(30)22(15-46)16-47/h1-12H. The van der Waals surface area contributed by atoms with E-state index in [0.717, 1.165) is 18.2 Å². The summed E-state index contributed by atoms with van der Waals surface area (Å²) in [6, 6.07) is 23.9. The molecule has 3 aromatic carbocycles. The summed E-state index contributed by atoms with van der Waals surface area (Å²) in [6.45, 7) is 0. The Hall–Kier alpha value is -7.02. The zero-order valence-electron chi connectivity index (χ0n) is 24.4. The van der Waals surface area contributed by atoms with Crippen molar-refractivity contribution < 1.29 is 26.3 Å². The fraction of sp³-hybridized carbons (Fsp3) is 0.0270. The summed E-state index contributed by atoms with van der Waals surface area (Å²) in [6.07, 6.45) is -4.91. The van der Waals surface area contributed by atoms with Crippen LogP contribution in [0.15, 0.2) is 83.9 Å². The first-order chi connectivity index (χ1) is 23.4. The molecule has 0 aliphatic heterocycles. The van der Waals surface area contributed by atoms with Crippen LogP contribution in [0.3, 0.4) is 0 Å². The number of hydrogen-bond acceptors (Lipinski definition) is 6. The van der Waals surface area contributed by atoms with E-state index < -0.39 is 29.7 Å². The Morgan fingerprint density at radius 1 is 0.449 bits per heavy atom. The molecule has 12 heteroatoms. The van der Waals surface area contributed by atoms with Crippen molar-refractivity contribution in [3.05, 3.63) is 130 Å². The first-order valence-electron chi connectivity index (χ1n) is 14.1. The molecule has 232 valence electrons. The predicted octanol–water partition coefficient (Wildman–Crippen LogP) is 8.91. The first-order valence-corrected chi connectivity index (χ1v) is 14.1. The van der Waals surface area contributed by atoms with Gasteiger partial charge in [0.2, 0.25) is 17.8 Å². The molecule has 0 atom stereocenters. The molecule has 0 saturated carbocycles. The number of nitriles is 4. The van der Waals surface area contributed by atoms with Gasteiger partial charge in [-0.2, -0.15) is 52.4 Å². The minimum Gasteiger partial charge on any atom is -0.215 e. The number of benzene rings is 3. The fourth-order valence-electron chi connectivity index (χ4n) is 6.33. The SMILES string of the molecule is N#CC(C#N)=C1c2cc(-c3cc(F)nc(F)c3)ccc2-c2cc3c(cc21)-c1ccc(-c2cc(F)nc(C(F)(F)F)c2)cc1C3=C(C#N)C#N. The monoisotopic (exact) mass is 654 g/mol. The van der Waals surface area contributed by atoms with E-state index in [1.54, 1.807) is 36.4 Å². The van der Waals surface area contributed by atoms with Gasteiger partial charge in [0, 0.05) is 29.3 Å². The van der Waals surface area contributed by atoms with Crippen molar-refractivity contribution >= 4 is 11.1 Å². The van der Waals surface area contributed by atoms with Crippen molar-refractivity contribution in [1.82, 2.24) is 9.97 Å². The number of pyridine rings is 2. The fourth-order valence-corrected chi connectivity index (χ4v) is 6.33. The molecule has 6 nitrogen and oxygen atoms in total. The van der Waals surface area contributed by atoms with Gasteiger partial charge >= 0.3 is 6.18 Å². The van der Waals surface area contributed by atoms with E-state index in [1.165, 1.54) is 12.1 Å². The number of halogens is 6. The van der Waals surface area contributed by atoms with Crippen LogP contribution in [0.2, 0.25) is 0 Å². The second-order valence-electron chi connectivity index (χ2n) is 11.0. The van der Waals surface area contributed by atoms with E-state index in [1.807, 2.05) is 24.3 Å². The smallest absolute Gasteiger partial charge is 0.215 e. The van der Waals surface area contributed by atoms with Crippen molar-refractivity contribution in [2.24, 2.45) is 0 Å². The molecule has 0 N–H and O–H groups in total. The lowest BCUT2D eigenvalue weighted by atomic mass is 9.93. The molecule has 0 saturated heterocycles. The summed E-state index contributed by atoms with van der Waals surface area (Å²) < 4.78 is 82.5. The van der Waals surface area contributed by atoms with Gasteiger partial charge in [-0.05, 0) is 97.1 Å². The highest BCUT2D eigenvalue weighted by Gasteiger charge is 2.35. The molecular formula is C37H12F6N6. The van der Waals surface area contributed by atoms with Gasteiger partial charge in [-0.3, -0.25) is 0 Å².